The molecule has 0 aromatic heterocycles. The number of imide groups is 2. The molecule has 4 amide bonds. The quantitative estimate of drug-likeness (QED) is 0.365. The molecule has 160 valence electrons. The molecule has 1 aliphatic rings. The number of carbonyl (C=O) groups excluding carboxylic acids is 3. The normalized spacial score (nSPS) is 15.6. The lowest BCUT2D eigenvalue weighted by atomic mass is 10.1. The number of anilines is 1. The highest BCUT2D eigenvalue weighted by atomic mass is 32.2. The lowest BCUT2D eigenvalue weighted by molar-refractivity contribution is -0.122. The van der Waals surface area contributed by atoms with Crippen molar-refractivity contribution in [2.45, 2.75) is 4.90 Å². The van der Waals surface area contributed by atoms with Crippen LogP contribution in [0.1, 0.15) is 5.56 Å². The Morgan fingerprint density at radius 3 is 2.16 bits per heavy atom. The number of urea groups is 1. The second kappa shape index (κ2) is 8.48. The van der Waals surface area contributed by atoms with E-state index in [9.17, 15) is 22.8 Å². The third kappa shape index (κ3) is 4.28. The van der Waals surface area contributed by atoms with Gasteiger partial charge < -0.3 is 4.18 Å². The van der Waals surface area contributed by atoms with E-state index in [1.54, 1.807) is 54.6 Å². The summed E-state index contributed by atoms with van der Waals surface area (Å²) < 4.78 is 30.1. The molecular formula is C23H16N2O6S. The molecule has 0 spiro atoms. The van der Waals surface area contributed by atoms with Gasteiger partial charge in [0.2, 0.25) is 0 Å². The monoisotopic (exact) mass is 448 g/mol. The van der Waals surface area contributed by atoms with Gasteiger partial charge in [-0.2, -0.15) is 8.42 Å². The van der Waals surface area contributed by atoms with Crippen molar-refractivity contribution in [3.63, 3.8) is 0 Å². The molecule has 1 aliphatic heterocycles. The largest absolute Gasteiger partial charge is 0.379 e. The average molecular weight is 448 g/mol. The predicted octanol–water partition coefficient (Wildman–Crippen LogP) is 3.12. The van der Waals surface area contributed by atoms with Crippen LogP contribution >= 0.6 is 0 Å². The highest BCUT2D eigenvalue weighted by molar-refractivity contribution is 7.87. The highest BCUT2D eigenvalue weighted by Gasteiger charge is 2.36. The first-order valence-corrected chi connectivity index (χ1v) is 10.8. The Hall–Kier alpha value is -4.24. The molecule has 8 nitrogen and oxygen atoms in total. The Morgan fingerprint density at radius 2 is 1.47 bits per heavy atom. The van der Waals surface area contributed by atoms with Crippen molar-refractivity contribution >= 4 is 39.7 Å². The Labute approximate surface area is 183 Å². The molecule has 4 rings (SSSR count). The molecule has 3 aromatic rings. The summed E-state index contributed by atoms with van der Waals surface area (Å²) in [5.41, 5.74) is 0.364. The van der Waals surface area contributed by atoms with Gasteiger partial charge in [0.15, 0.2) is 0 Å². The third-order valence-electron chi connectivity index (χ3n) is 4.52. The second-order valence-corrected chi connectivity index (χ2v) is 8.26. The standard InChI is InChI=1S/C23H16N2O6S/c26-21-20(22(27)25(23(28)24-21)17-9-3-1-4-10-17)15-16-8-7-11-18(14-16)31-32(29,30)19-12-5-2-6-13-19/h1-15H,(H,24,26,28)/b20-15-. The van der Waals surface area contributed by atoms with Crippen LogP contribution in [0.2, 0.25) is 0 Å². The fourth-order valence-electron chi connectivity index (χ4n) is 3.05. The molecule has 1 fully saturated rings. The van der Waals surface area contributed by atoms with Gasteiger partial charge in [0, 0.05) is 0 Å². The lowest BCUT2D eigenvalue weighted by Gasteiger charge is -2.26. The minimum Gasteiger partial charge on any atom is -0.379 e. The van der Waals surface area contributed by atoms with Crippen molar-refractivity contribution in [2.24, 2.45) is 0 Å². The van der Waals surface area contributed by atoms with E-state index in [2.05, 4.69) is 5.32 Å². The molecule has 1 saturated heterocycles. The van der Waals surface area contributed by atoms with Gasteiger partial charge in [0.05, 0.1) is 5.69 Å². The van der Waals surface area contributed by atoms with Crippen molar-refractivity contribution in [3.05, 3.63) is 96.1 Å². The molecular weight excluding hydrogens is 432 g/mol. The summed E-state index contributed by atoms with van der Waals surface area (Å²) in [5, 5.41) is 2.13. The summed E-state index contributed by atoms with van der Waals surface area (Å²) in [6, 6.07) is 20.9. The molecule has 1 N–H and O–H groups in total. The predicted molar refractivity (Wildman–Crippen MR) is 116 cm³/mol. The molecule has 0 radical (unpaired) electrons. The molecule has 0 unspecified atom stereocenters. The van der Waals surface area contributed by atoms with Crippen molar-refractivity contribution in [3.8, 4) is 5.75 Å². The number of para-hydroxylation sites is 1. The number of nitrogens with zero attached hydrogens (tertiary/aromatic N) is 1. The van der Waals surface area contributed by atoms with E-state index in [0.717, 1.165) is 4.90 Å². The van der Waals surface area contributed by atoms with Gasteiger partial charge in [0.1, 0.15) is 16.2 Å². The Bertz CT molecular complexity index is 1340. The molecule has 0 saturated carbocycles. The summed E-state index contributed by atoms with van der Waals surface area (Å²) >= 11 is 0. The maximum atomic E-state index is 12.9. The first-order chi connectivity index (χ1) is 15.3. The van der Waals surface area contributed by atoms with Crippen LogP contribution in [-0.4, -0.2) is 26.3 Å². The fraction of sp³-hybridized carbons (Fsp3) is 0. The van der Waals surface area contributed by atoms with Crippen LogP contribution in [0.5, 0.6) is 5.75 Å². The van der Waals surface area contributed by atoms with Crippen LogP contribution in [0.3, 0.4) is 0 Å². The van der Waals surface area contributed by atoms with E-state index in [0.29, 0.717) is 11.3 Å². The number of hydrogen-bond acceptors (Lipinski definition) is 6. The van der Waals surface area contributed by atoms with E-state index in [1.807, 2.05) is 0 Å². The third-order valence-corrected chi connectivity index (χ3v) is 5.78. The van der Waals surface area contributed by atoms with Crippen LogP contribution in [0.4, 0.5) is 10.5 Å². The van der Waals surface area contributed by atoms with E-state index >= 15 is 0 Å². The maximum Gasteiger partial charge on any atom is 0.339 e. The first-order valence-electron chi connectivity index (χ1n) is 9.41. The maximum absolute atomic E-state index is 12.9. The van der Waals surface area contributed by atoms with Gasteiger partial charge in [-0.15, -0.1) is 0 Å². The second-order valence-electron chi connectivity index (χ2n) is 6.72. The van der Waals surface area contributed by atoms with Crippen LogP contribution in [0.25, 0.3) is 6.08 Å². The van der Waals surface area contributed by atoms with E-state index in [4.69, 9.17) is 4.18 Å². The summed E-state index contributed by atoms with van der Waals surface area (Å²) in [6.45, 7) is 0. The van der Waals surface area contributed by atoms with Crippen molar-refractivity contribution in [1.82, 2.24) is 5.32 Å². The SMILES string of the molecule is O=C1NC(=O)N(c2ccccc2)C(=O)/C1=C\c1cccc(OS(=O)(=O)c2ccccc2)c1. The Kier molecular flexibility index (Phi) is 5.57. The highest BCUT2D eigenvalue weighted by Crippen LogP contribution is 2.24. The van der Waals surface area contributed by atoms with Crippen LogP contribution < -0.4 is 14.4 Å². The van der Waals surface area contributed by atoms with Crippen molar-refractivity contribution < 1.29 is 27.0 Å². The lowest BCUT2D eigenvalue weighted by Crippen LogP contribution is -2.54. The topological polar surface area (TPSA) is 110 Å². The fourth-order valence-corrected chi connectivity index (χ4v) is 4.00. The first kappa shape index (κ1) is 21.0. The molecule has 0 aliphatic carbocycles. The minimum atomic E-state index is -4.06. The van der Waals surface area contributed by atoms with E-state index < -0.39 is 28.0 Å². The van der Waals surface area contributed by atoms with Crippen molar-refractivity contribution in [1.29, 1.82) is 0 Å². The van der Waals surface area contributed by atoms with Gasteiger partial charge in [-0.05, 0) is 48.0 Å². The van der Waals surface area contributed by atoms with Gasteiger partial charge in [-0.1, -0.05) is 48.5 Å². The Morgan fingerprint density at radius 1 is 0.812 bits per heavy atom. The molecule has 3 aromatic carbocycles. The van der Waals surface area contributed by atoms with E-state index in [-0.39, 0.29) is 16.2 Å². The number of nitrogens with one attached hydrogen (secondary N) is 1. The minimum absolute atomic E-state index is 0.00265. The summed E-state index contributed by atoms with van der Waals surface area (Å²) in [4.78, 5) is 38.3. The summed E-state index contributed by atoms with van der Waals surface area (Å²) in [7, 11) is -4.06. The number of hydrogen-bond donors (Lipinski definition) is 1. The zero-order valence-electron chi connectivity index (χ0n) is 16.5. The van der Waals surface area contributed by atoms with Gasteiger partial charge >= 0.3 is 16.1 Å². The molecule has 9 heteroatoms. The summed E-state index contributed by atoms with van der Waals surface area (Å²) in [6.07, 6.45) is 1.27. The number of barbiturate groups is 1. The smallest absolute Gasteiger partial charge is 0.339 e. The molecule has 0 atom stereocenters. The molecule has 0 bridgehead atoms. The zero-order chi connectivity index (χ0) is 22.7. The van der Waals surface area contributed by atoms with Crippen molar-refractivity contribution in [2.75, 3.05) is 4.90 Å². The van der Waals surface area contributed by atoms with Crippen LogP contribution in [0, 0.1) is 0 Å². The van der Waals surface area contributed by atoms with Crippen LogP contribution in [-0.2, 0) is 19.7 Å². The van der Waals surface area contributed by atoms with E-state index in [1.165, 1.54) is 36.4 Å². The number of benzene rings is 3. The van der Waals surface area contributed by atoms with Gasteiger partial charge in [0.25, 0.3) is 11.8 Å². The van der Waals surface area contributed by atoms with Crippen LogP contribution in [0.15, 0.2) is 95.4 Å². The average Bonchev–Trinajstić information content (AvgIpc) is 2.78. The molecule has 1 heterocycles. The zero-order valence-corrected chi connectivity index (χ0v) is 17.3. The van der Waals surface area contributed by atoms with Gasteiger partial charge in [-0.25, -0.2) is 9.69 Å². The van der Waals surface area contributed by atoms with Gasteiger partial charge in [-0.3, -0.25) is 14.9 Å². The summed E-state index contributed by atoms with van der Waals surface area (Å²) in [5.74, 6) is -1.65. The Balaban J connectivity index is 1.64. The number of rotatable bonds is 5. The number of carbonyl (C=O) groups is 3. The molecule has 32 heavy (non-hydrogen) atoms. The number of amides is 4.